The van der Waals surface area contributed by atoms with Crippen LogP contribution in [0.15, 0.2) is 42.5 Å². The number of hydrogen-bond acceptors (Lipinski definition) is 4. The van der Waals surface area contributed by atoms with E-state index in [-0.39, 0.29) is 5.78 Å². The zero-order valence-corrected chi connectivity index (χ0v) is 20.8. The Morgan fingerprint density at radius 1 is 0.758 bits per heavy atom. The maximum atomic E-state index is 12.8. The second-order valence-electron chi connectivity index (χ2n) is 8.21. The normalized spacial score (nSPS) is 11.0. The smallest absolute Gasteiger partial charge is 0.185 e. The first-order valence-corrected chi connectivity index (χ1v) is 12.5. The van der Waals surface area contributed by atoms with Gasteiger partial charge in [-0.05, 0) is 67.7 Å². The Bertz CT molecular complexity index is 868. The SMILES string of the molecule is CCCCOc1cc(C=CC(=O)c2ccc(OCCC)cc2)c(CCC)c(OCCCC)c1. The van der Waals surface area contributed by atoms with Crippen molar-refractivity contribution in [2.24, 2.45) is 0 Å². The van der Waals surface area contributed by atoms with E-state index in [2.05, 4.69) is 27.7 Å². The number of ketones is 1. The van der Waals surface area contributed by atoms with Gasteiger partial charge >= 0.3 is 0 Å². The van der Waals surface area contributed by atoms with E-state index in [0.717, 1.165) is 73.3 Å². The lowest BCUT2D eigenvalue weighted by Crippen LogP contribution is -2.04. The van der Waals surface area contributed by atoms with Crippen LogP contribution in [0.25, 0.3) is 6.08 Å². The van der Waals surface area contributed by atoms with Crippen LogP contribution in [-0.2, 0) is 6.42 Å². The Hall–Kier alpha value is -2.75. The van der Waals surface area contributed by atoms with E-state index in [1.807, 2.05) is 42.5 Å². The van der Waals surface area contributed by atoms with Crippen LogP contribution in [0.5, 0.6) is 17.2 Å². The zero-order chi connectivity index (χ0) is 23.9. The number of unbranched alkanes of at least 4 members (excludes halogenated alkanes) is 2. The number of hydrogen-bond donors (Lipinski definition) is 0. The summed E-state index contributed by atoms with van der Waals surface area (Å²) in [5.74, 6) is 2.40. The van der Waals surface area contributed by atoms with Crippen molar-refractivity contribution in [3.63, 3.8) is 0 Å². The Kier molecular flexibility index (Phi) is 12.2. The summed E-state index contributed by atoms with van der Waals surface area (Å²) < 4.78 is 17.7. The molecule has 0 atom stereocenters. The number of benzene rings is 2. The van der Waals surface area contributed by atoms with Crippen LogP contribution >= 0.6 is 0 Å². The van der Waals surface area contributed by atoms with Gasteiger partial charge in [0.25, 0.3) is 0 Å². The summed E-state index contributed by atoms with van der Waals surface area (Å²) in [4.78, 5) is 12.8. The fraction of sp³-hybridized carbons (Fsp3) is 0.483. The lowest BCUT2D eigenvalue weighted by Gasteiger charge is -2.16. The number of allylic oxidation sites excluding steroid dienone is 1. The van der Waals surface area contributed by atoms with E-state index in [1.165, 1.54) is 0 Å². The lowest BCUT2D eigenvalue weighted by molar-refractivity contribution is 0.104. The third-order valence-electron chi connectivity index (χ3n) is 5.27. The summed E-state index contributed by atoms with van der Waals surface area (Å²) in [7, 11) is 0. The van der Waals surface area contributed by atoms with E-state index in [1.54, 1.807) is 6.08 Å². The highest BCUT2D eigenvalue weighted by Gasteiger charge is 2.12. The van der Waals surface area contributed by atoms with Gasteiger partial charge in [-0.3, -0.25) is 4.79 Å². The summed E-state index contributed by atoms with van der Waals surface area (Å²) in [5, 5.41) is 0. The van der Waals surface area contributed by atoms with Gasteiger partial charge in [0.15, 0.2) is 5.78 Å². The fourth-order valence-electron chi connectivity index (χ4n) is 3.38. The molecule has 0 aromatic heterocycles. The summed E-state index contributed by atoms with van der Waals surface area (Å²) in [6.07, 6.45) is 10.5. The van der Waals surface area contributed by atoms with Crippen LogP contribution < -0.4 is 14.2 Å². The number of rotatable bonds is 16. The molecule has 0 heterocycles. The topological polar surface area (TPSA) is 44.8 Å². The highest BCUT2D eigenvalue weighted by atomic mass is 16.5. The molecule has 0 radical (unpaired) electrons. The average Bonchev–Trinajstić information content (AvgIpc) is 2.83. The number of carbonyl (C=O) groups excluding carboxylic acids is 1. The van der Waals surface area contributed by atoms with Crippen molar-refractivity contribution in [3.05, 3.63) is 59.2 Å². The second-order valence-corrected chi connectivity index (χ2v) is 8.21. The van der Waals surface area contributed by atoms with Crippen molar-refractivity contribution in [2.75, 3.05) is 19.8 Å². The van der Waals surface area contributed by atoms with Crippen molar-refractivity contribution in [2.45, 2.75) is 72.6 Å². The van der Waals surface area contributed by atoms with Crippen LogP contribution in [0.2, 0.25) is 0 Å². The fourth-order valence-corrected chi connectivity index (χ4v) is 3.38. The Morgan fingerprint density at radius 2 is 1.42 bits per heavy atom. The van der Waals surface area contributed by atoms with Gasteiger partial charge in [0, 0.05) is 17.2 Å². The summed E-state index contributed by atoms with van der Waals surface area (Å²) >= 11 is 0. The number of ether oxygens (including phenoxy) is 3. The molecule has 0 amide bonds. The Morgan fingerprint density at radius 3 is 2.06 bits per heavy atom. The van der Waals surface area contributed by atoms with Crippen molar-refractivity contribution in [1.29, 1.82) is 0 Å². The van der Waals surface area contributed by atoms with Crippen LogP contribution in [-0.4, -0.2) is 25.6 Å². The van der Waals surface area contributed by atoms with Crippen LogP contribution in [0.1, 0.15) is 87.7 Å². The average molecular weight is 453 g/mol. The molecule has 0 spiro atoms. The second kappa shape index (κ2) is 15.2. The molecule has 2 aromatic rings. The van der Waals surface area contributed by atoms with Crippen molar-refractivity contribution in [1.82, 2.24) is 0 Å². The van der Waals surface area contributed by atoms with Gasteiger partial charge in [-0.25, -0.2) is 0 Å². The minimum Gasteiger partial charge on any atom is -0.494 e. The molecular weight excluding hydrogens is 412 g/mol. The molecule has 0 aliphatic rings. The van der Waals surface area contributed by atoms with Gasteiger partial charge in [-0.15, -0.1) is 0 Å². The maximum Gasteiger partial charge on any atom is 0.185 e. The van der Waals surface area contributed by atoms with Crippen molar-refractivity contribution < 1.29 is 19.0 Å². The van der Waals surface area contributed by atoms with E-state index < -0.39 is 0 Å². The molecule has 180 valence electrons. The highest BCUT2D eigenvalue weighted by molar-refractivity contribution is 6.07. The monoisotopic (exact) mass is 452 g/mol. The van der Waals surface area contributed by atoms with Gasteiger partial charge in [-0.1, -0.05) is 53.0 Å². The highest BCUT2D eigenvalue weighted by Crippen LogP contribution is 2.32. The quantitative estimate of drug-likeness (QED) is 0.149. The molecule has 0 N–H and O–H groups in total. The third kappa shape index (κ3) is 8.95. The Balaban J connectivity index is 2.28. The van der Waals surface area contributed by atoms with Crippen molar-refractivity contribution >= 4 is 11.9 Å². The summed E-state index contributed by atoms with van der Waals surface area (Å²) in [5.41, 5.74) is 2.75. The van der Waals surface area contributed by atoms with E-state index in [4.69, 9.17) is 14.2 Å². The molecule has 0 aliphatic carbocycles. The molecule has 0 fully saturated rings. The van der Waals surface area contributed by atoms with E-state index in [0.29, 0.717) is 25.4 Å². The van der Waals surface area contributed by atoms with Gasteiger partial charge in [-0.2, -0.15) is 0 Å². The largest absolute Gasteiger partial charge is 0.494 e. The standard InChI is InChI=1S/C29H40O4/c1-5-9-19-32-26-21-24(27(11-7-3)29(22-26)33-20-10-6-2)14-17-28(30)23-12-15-25(16-13-23)31-18-8-4/h12-17,21-22H,5-11,18-20H2,1-4H3. The van der Waals surface area contributed by atoms with Crippen LogP contribution in [0.3, 0.4) is 0 Å². The Labute approximate surface area is 200 Å². The van der Waals surface area contributed by atoms with Gasteiger partial charge in [0.05, 0.1) is 19.8 Å². The van der Waals surface area contributed by atoms with Crippen molar-refractivity contribution in [3.8, 4) is 17.2 Å². The minimum absolute atomic E-state index is 0.0368. The number of carbonyl (C=O) groups is 1. The van der Waals surface area contributed by atoms with Crippen LogP contribution in [0, 0.1) is 0 Å². The first kappa shape index (κ1) is 26.5. The van der Waals surface area contributed by atoms with Crippen LogP contribution in [0.4, 0.5) is 0 Å². The van der Waals surface area contributed by atoms with Gasteiger partial charge in [0.1, 0.15) is 17.2 Å². The third-order valence-corrected chi connectivity index (χ3v) is 5.27. The molecule has 0 aliphatic heterocycles. The predicted octanol–water partition coefficient (Wildman–Crippen LogP) is 7.68. The molecule has 4 heteroatoms. The first-order chi connectivity index (χ1) is 16.1. The zero-order valence-electron chi connectivity index (χ0n) is 20.8. The molecule has 33 heavy (non-hydrogen) atoms. The molecule has 2 rings (SSSR count). The van der Waals surface area contributed by atoms with E-state index in [9.17, 15) is 4.79 Å². The van der Waals surface area contributed by atoms with Gasteiger partial charge in [0.2, 0.25) is 0 Å². The minimum atomic E-state index is -0.0368. The molecule has 0 saturated heterocycles. The lowest BCUT2D eigenvalue weighted by atomic mass is 9.99. The molecule has 4 nitrogen and oxygen atoms in total. The first-order valence-electron chi connectivity index (χ1n) is 12.5. The predicted molar refractivity (Wildman–Crippen MR) is 137 cm³/mol. The molecule has 0 saturated carbocycles. The molecule has 0 bridgehead atoms. The molecular formula is C29H40O4. The molecule has 2 aromatic carbocycles. The molecule has 0 unspecified atom stereocenters. The van der Waals surface area contributed by atoms with E-state index >= 15 is 0 Å². The summed E-state index contributed by atoms with van der Waals surface area (Å²) in [6.45, 7) is 10.6. The maximum absolute atomic E-state index is 12.8. The van der Waals surface area contributed by atoms with Gasteiger partial charge < -0.3 is 14.2 Å². The summed E-state index contributed by atoms with van der Waals surface area (Å²) in [6, 6.07) is 11.4.